The van der Waals surface area contributed by atoms with Crippen molar-refractivity contribution in [1.29, 1.82) is 0 Å². The van der Waals surface area contributed by atoms with Gasteiger partial charge >= 0.3 is 0 Å². The van der Waals surface area contributed by atoms with E-state index in [0.29, 0.717) is 5.56 Å². The molecule has 0 fully saturated rings. The Labute approximate surface area is 113 Å². The lowest BCUT2D eigenvalue weighted by Gasteiger charge is -2.16. The molecule has 2 rings (SSSR count). The van der Waals surface area contributed by atoms with Gasteiger partial charge in [-0.15, -0.1) is 0 Å². The zero-order chi connectivity index (χ0) is 13.8. The van der Waals surface area contributed by atoms with Crippen molar-refractivity contribution in [2.45, 2.75) is 19.9 Å². The summed E-state index contributed by atoms with van der Waals surface area (Å²) in [6.45, 7) is 3.77. The van der Waals surface area contributed by atoms with E-state index in [1.807, 2.05) is 37.3 Å². The van der Waals surface area contributed by atoms with Crippen LogP contribution in [0.25, 0.3) is 0 Å². The lowest BCUT2D eigenvalue weighted by Crippen LogP contribution is -2.07. The number of benzene rings is 2. The van der Waals surface area contributed by atoms with E-state index in [4.69, 9.17) is 4.74 Å². The molecule has 1 N–H and O–H groups in total. The Morgan fingerprint density at radius 2 is 1.79 bits per heavy atom. The molecule has 1 unspecified atom stereocenters. The van der Waals surface area contributed by atoms with Gasteiger partial charge in [-0.1, -0.05) is 12.1 Å². The molecule has 0 radical (unpaired) electrons. The topological polar surface area (TPSA) is 21.3 Å². The predicted octanol–water partition coefficient (Wildman–Crippen LogP) is 4.32. The number of ether oxygens (including phenoxy) is 1. The normalized spacial score (nSPS) is 12.0. The molecule has 19 heavy (non-hydrogen) atoms. The minimum absolute atomic E-state index is 0.0449. The van der Waals surface area contributed by atoms with Crippen LogP contribution in [0.4, 0.5) is 10.1 Å². The SMILES string of the molecule is COc1ccc(NC(C)c2ccc(C)c(F)c2)cc1. The van der Waals surface area contributed by atoms with E-state index in [-0.39, 0.29) is 11.9 Å². The number of rotatable bonds is 4. The van der Waals surface area contributed by atoms with Gasteiger partial charge in [0.15, 0.2) is 0 Å². The van der Waals surface area contributed by atoms with Crippen LogP contribution in [0.15, 0.2) is 42.5 Å². The minimum atomic E-state index is -0.166. The number of anilines is 1. The average Bonchev–Trinajstić information content (AvgIpc) is 2.42. The van der Waals surface area contributed by atoms with E-state index in [1.165, 1.54) is 0 Å². The van der Waals surface area contributed by atoms with Crippen LogP contribution in [-0.4, -0.2) is 7.11 Å². The second-order valence-corrected chi connectivity index (χ2v) is 4.60. The maximum atomic E-state index is 13.5. The summed E-state index contributed by atoms with van der Waals surface area (Å²) in [7, 11) is 1.64. The van der Waals surface area contributed by atoms with Crippen molar-refractivity contribution in [1.82, 2.24) is 0 Å². The molecule has 0 aliphatic carbocycles. The number of halogens is 1. The van der Waals surface area contributed by atoms with E-state index in [9.17, 15) is 4.39 Å². The number of aryl methyl sites for hydroxylation is 1. The lowest BCUT2D eigenvalue weighted by molar-refractivity contribution is 0.415. The van der Waals surface area contributed by atoms with E-state index >= 15 is 0 Å². The van der Waals surface area contributed by atoms with E-state index in [0.717, 1.165) is 17.0 Å². The Morgan fingerprint density at radius 3 is 2.37 bits per heavy atom. The van der Waals surface area contributed by atoms with E-state index in [2.05, 4.69) is 5.32 Å². The van der Waals surface area contributed by atoms with Crippen LogP contribution in [0.2, 0.25) is 0 Å². The van der Waals surface area contributed by atoms with Crippen molar-refractivity contribution in [2.75, 3.05) is 12.4 Å². The Balaban J connectivity index is 2.10. The molecule has 2 aromatic rings. The Bertz CT molecular complexity index is 551. The number of nitrogens with one attached hydrogen (secondary N) is 1. The first-order valence-corrected chi connectivity index (χ1v) is 6.27. The minimum Gasteiger partial charge on any atom is -0.497 e. The smallest absolute Gasteiger partial charge is 0.126 e. The Hall–Kier alpha value is -2.03. The van der Waals surface area contributed by atoms with Crippen LogP contribution in [0, 0.1) is 12.7 Å². The first-order chi connectivity index (χ1) is 9.10. The van der Waals surface area contributed by atoms with Gasteiger partial charge in [-0.05, 0) is 55.3 Å². The molecule has 0 aliphatic rings. The quantitative estimate of drug-likeness (QED) is 0.883. The fourth-order valence-corrected chi connectivity index (χ4v) is 1.90. The summed E-state index contributed by atoms with van der Waals surface area (Å²) < 4.78 is 18.6. The van der Waals surface area contributed by atoms with Crippen LogP contribution < -0.4 is 10.1 Å². The molecule has 100 valence electrons. The second kappa shape index (κ2) is 5.74. The highest BCUT2D eigenvalue weighted by atomic mass is 19.1. The lowest BCUT2D eigenvalue weighted by atomic mass is 10.1. The summed E-state index contributed by atoms with van der Waals surface area (Å²) in [5.41, 5.74) is 2.58. The molecule has 0 aromatic heterocycles. The summed E-state index contributed by atoms with van der Waals surface area (Å²) in [6.07, 6.45) is 0. The molecule has 0 saturated carbocycles. The standard InChI is InChI=1S/C16H18FNO/c1-11-4-5-13(10-16(11)17)12(2)18-14-6-8-15(19-3)9-7-14/h4-10,12,18H,1-3H3. The van der Waals surface area contributed by atoms with Crippen molar-refractivity contribution in [3.8, 4) is 5.75 Å². The third-order valence-corrected chi connectivity index (χ3v) is 3.17. The monoisotopic (exact) mass is 259 g/mol. The molecule has 0 heterocycles. The molecule has 2 nitrogen and oxygen atoms in total. The van der Waals surface area contributed by atoms with Crippen molar-refractivity contribution in [2.24, 2.45) is 0 Å². The van der Waals surface area contributed by atoms with Crippen molar-refractivity contribution in [3.63, 3.8) is 0 Å². The summed E-state index contributed by atoms with van der Waals surface area (Å²) in [6, 6.07) is 13.0. The van der Waals surface area contributed by atoms with Crippen molar-refractivity contribution in [3.05, 3.63) is 59.4 Å². The van der Waals surface area contributed by atoms with Gasteiger partial charge in [0.05, 0.1) is 7.11 Å². The Morgan fingerprint density at radius 1 is 1.11 bits per heavy atom. The third kappa shape index (κ3) is 3.25. The molecule has 0 aliphatic heterocycles. The van der Waals surface area contributed by atoms with Crippen molar-refractivity contribution < 1.29 is 9.13 Å². The van der Waals surface area contributed by atoms with Crippen LogP contribution in [0.5, 0.6) is 5.75 Å². The third-order valence-electron chi connectivity index (χ3n) is 3.17. The summed E-state index contributed by atoms with van der Waals surface area (Å²) in [5.74, 6) is 0.653. The van der Waals surface area contributed by atoms with E-state index < -0.39 is 0 Å². The molecule has 0 amide bonds. The van der Waals surface area contributed by atoms with Gasteiger partial charge in [-0.25, -0.2) is 4.39 Å². The van der Waals surface area contributed by atoms with Gasteiger partial charge in [0.1, 0.15) is 11.6 Å². The highest BCUT2D eigenvalue weighted by molar-refractivity contribution is 5.48. The first kappa shape index (κ1) is 13.4. The molecule has 0 saturated heterocycles. The summed E-state index contributed by atoms with van der Waals surface area (Å²) in [5, 5.41) is 3.33. The van der Waals surface area contributed by atoms with Crippen LogP contribution >= 0.6 is 0 Å². The van der Waals surface area contributed by atoms with Crippen LogP contribution in [-0.2, 0) is 0 Å². The van der Waals surface area contributed by atoms with Gasteiger partial charge in [0.25, 0.3) is 0 Å². The first-order valence-electron chi connectivity index (χ1n) is 6.27. The van der Waals surface area contributed by atoms with Crippen molar-refractivity contribution >= 4 is 5.69 Å². The maximum Gasteiger partial charge on any atom is 0.126 e. The molecule has 0 spiro atoms. The summed E-state index contributed by atoms with van der Waals surface area (Å²) in [4.78, 5) is 0. The van der Waals surface area contributed by atoms with Gasteiger partial charge in [-0.3, -0.25) is 0 Å². The van der Waals surface area contributed by atoms with E-state index in [1.54, 1.807) is 26.2 Å². The van der Waals surface area contributed by atoms with Gasteiger partial charge in [-0.2, -0.15) is 0 Å². The molecule has 1 atom stereocenters. The fraction of sp³-hybridized carbons (Fsp3) is 0.250. The zero-order valence-corrected chi connectivity index (χ0v) is 11.4. The van der Waals surface area contributed by atoms with Gasteiger partial charge in [0, 0.05) is 11.7 Å². The molecular formula is C16H18FNO. The molecule has 2 aromatic carbocycles. The number of hydrogen-bond acceptors (Lipinski definition) is 2. The average molecular weight is 259 g/mol. The summed E-state index contributed by atoms with van der Waals surface area (Å²) >= 11 is 0. The largest absolute Gasteiger partial charge is 0.497 e. The van der Waals surface area contributed by atoms with Crippen LogP contribution in [0.3, 0.4) is 0 Å². The van der Waals surface area contributed by atoms with Gasteiger partial charge in [0.2, 0.25) is 0 Å². The van der Waals surface area contributed by atoms with Gasteiger partial charge < -0.3 is 10.1 Å². The Kier molecular flexibility index (Phi) is 4.05. The highest BCUT2D eigenvalue weighted by Crippen LogP contribution is 2.22. The molecular weight excluding hydrogens is 241 g/mol. The number of hydrogen-bond donors (Lipinski definition) is 1. The maximum absolute atomic E-state index is 13.5. The predicted molar refractivity (Wildman–Crippen MR) is 76.2 cm³/mol. The molecule has 0 bridgehead atoms. The number of methoxy groups -OCH3 is 1. The molecule has 3 heteroatoms. The fourth-order valence-electron chi connectivity index (χ4n) is 1.90. The highest BCUT2D eigenvalue weighted by Gasteiger charge is 2.07. The zero-order valence-electron chi connectivity index (χ0n) is 11.4. The van der Waals surface area contributed by atoms with Crippen LogP contribution in [0.1, 0.15) is 24.1 Å². The second-order valence-electron chi connectivity index (χ2n) is 4.60.